The van der Waals surface area contributed by atoms with E-state index in [-0.39, 0.29) is 50.1 Å². The maximum Gasteiger partial charge on any atom is 0.509 e. The van der Waals surface area contributed by atoms with Crippen molar-refractivity contribution in [3.63, 3.8) is 0 Å². The number of fused-ring (bicyclic) bond motifs is 5. The highest BCUT2D eigenvalue weighted by Crippen LogP contribution is 2.68. The molecule has 4 aliphatic carbocycles. The molecule has 9 nitrogen and oxygen atoms in total. The molecule has 0 spiro atoms. The number of alkyl halides is 1. The summed E-state index contributed by atoms with van der Waals surface area (Å²) in [6.07, 6.45) is 2.18. The second-order valence-electron chi connectivity index (χ2n) is 11.6. The number of rotatable bonds is 8. The average Bonchev–Trinajstić information content (AvgIpc) is 3.16. The minimum atomic E-state index is -1.75. The minimum Gasteiger partial charge on any atom is -0.435 e. The lowest BCUT2D eigenvalue weighted by Crippen LogP contribution is -2.64. The van der Waals surface area contributed by atoms with Crippen LogP contribution in [-0.2, 0) is 28.5 Å². The molecule has 0 bridgehead atoms. The van der Waals surface area contributed by atoms with Crippen LogP contribution in [-0.4, -0.2) is 66.7 Å². The van der Waals surface area contributed by atoms with Crippen LogP contribution in [0.15, 0.2) is 23.8 Å². The van der Waals surface area contributed by atoms with Crippen molar-refractivity contribution in [3.8, 4) is 0 Å². The average molecular weight is 551 g/mol. The number of aliphatic hydroxyl groups is 1. The normalized spacial score (nSPS) is 38.6. The fraction of sp³-hybridized carbons (Fsp3) is 0.724. The third-order valence-electron chi connectivity index (χ3n) is 9.61. The van der Waals surface area contributed by atoms with Crippen molar-refractivity contribution in [2.75, 3.05) is 19.8 Å². The van der Waals surface area contributed by atoms with Crippen molar-refractivity contribution in [2.45, 2.75) is 84.1 Å². The zero-order valence-electron chi connectivity index (χ0n) is 23.1. The summed E-state index contributed by atoms with van der Waals surface area (Å²) in [6, 6.07) is 0. The summed E-state index contributed by atoms with van der Waals surface area (Å²) in [5.74, 6) is -1.95. The molecule has 1 N–H and O–H groups in total. The smallest absolute Gasteiger partial charge is 0.435 e. The van der Waals surface area contributed by atoms with Crippen molar-refractivity contribution in [1.29, 1.82) is 0 Å². The van der Waals surface area contributed by atoms with Gasteiger partial charge < -0.3 is 24.1 Å². The highest BCUT2D eigenvalue weighted by molar-refractivity contribution is 6.01. The molecule has 4 rings (SSSR count). The standard InChI is InChI=1S/C29H39FO9/c1-5-7-12-37-26(35)39-29(23(33)16-38-25(34)36-6-2)11-9-19-18-14-21(30)20-13-17(31)8-10-27(20,3)24(18)22(32)15-28(19,29)4/h8,10,13,18-19,21-22,24,32H,5-7,9,11-12,14-16H2,1-4H3/t18-,19-,21-,22?,24+,27-,28-,29-/m0/s1. The Bertz CT molecular complexity index is 1070. The summed E-state index contributed by atoms with van der Waals surface area (Å²) in [5, 5.41) is 11.6. The Morgan fingerprint density at radius 3 is 2.56 bits per heavy atom. The predicted molar refractivity (Wildman–Crippen MR) is 136 cm³/mol. The van der Waals surface area contributed by atoms with Gasteiger partial charge in [0.25, 0.3) is 0 Å². The van der Waals surface area contributed by atoms with E-state index >= 15 is 4.39 Å². The number of hydrogen-bond donors (Lipinski definition) is 1. The van der Waals surface area contributed by atoms with Crippen LogP contribution >= 0.6 is 0 Å². The number of hydrogen-bond acceptors (Lipinski definition) is 9. The molecular weight excluding hydrogens is 511 g/mol. The molecule has 0 aliphatic heterocycles. The van der Waals surface area contributed by atoms with Crippen LogP contribution in [0.1, 0.15) is 66.2 Å². The van der Waals surface area contributed by atoms with E-state index in [1.54, 1.807) is 19.9 Å². The Labute approximate surface area is 228 Å². The van der Waals surface area contributed by atoms with Crippen molar-refractivity contribution in [1.82, 2.24) is 0 Å². The second-order valence-corrected chi connectivity index (χ2v) is 11.6. The Morgan fingerprint density at radius 2 is 1.87 bits per heavy atom. The van der Waals surface area contributed by atoms with Gasteiger partial charge in [-0.15, -0.1) is 0 Å². The first-order valence-corrected chi connectivity index (χ1v) is 13.9. The largest absolute Gasteiger partial charge is 0.509 e. The molecule has 0 aromatic heterocycles. The van der Waals surface area contributed by atoms with Gasteiger partial charge >= 0.3 is 12.3 Å². The number of Topliss-reactive ketones (excluding diaryl/α,β-unsaturated/α-hetero) is 1. The molecule has 10 heteroatoms. The fourth-order valence-corrected chi connectivity index (χ4v) is 7.88. The number of carbonyl (C=O) groups excluding carboxylic acids is 4. The maximum absolute atomic E-state index is 15.7. The fourth-order valence-electron chi connectivity index (χ4n) is 7.88. The molecule has 1 unspecified atom stereocenters. The number of carbonyl (C=O) groups is 4. The number of unbranched alkanes of at least 4 members (excludes halogenated alkanes) is 1. The van der Waals surface area contributed by atoms with E-state index in [4.69, 9.17) is 18.9 Å². The first kappa shape index (κ1) is 29.2. The summed E-state index contributed by atoms with van der Waals surface area (Å²) >= 11 is 0. The lowest BCUT2D eigenvalue weighted by atomic mass is 9.46. The summed E-state index contributed by atoms with van der Waals surface area (Å²) in [4.78, 5) is 50.5. The van der Waals surface area contributed by atoms with Crippen molar-refractivity contribution in [2.24, 2.45) is 28.6 Å². The minimum absolute atomic E-state index is 0.0626. The van der Waals surface area contributed by atoms with Gasteiger partial charge in [0.1, 0.15) is 6.17 Å². The zero-order valence-corrected chi connectivity index (χ0v) is 23.1. The van der Waals surface area contributed by atoms with Gasteiger partial charge in [0.05, 0.1) is 19.3 Å². The van der Waals surface area contributed by atoms with E-state index in [0.29, 0.717) is 18.4 Å². The summed E-state index contributed by atoms with van der Waals surface area (Å²) in [7, 11) is 0. The molecule has 3 saturated carbocycles. The lowest BCUT2D eigenvalue weighted by molar-refractivity contribution is -0.186. The number of ketones is 2. The van der Waals surface area contributed by atoms with Gasteiger partial charge in [-0.2, -0.15) is 0 Å². The Balaban J connectivity index is 1.68. The van der Waals surface area contributed by atoms with Crippen LogP contribution in [0.2, 0.25) is 0 Å². The van der Waals surface area contributed by atoms with E-state index in [1.165, 1.54) is 12.2 Å². The van der Waals surface area contributed by atoms with Crippen molar-refractivity contribution in [3.05, 3.63) is 23.8 Å². The number of halogens is 1. The SMILES string of the molecule is CCCCOC(=O)O[C@]1(C(=O)COC(=O)OCC)CC[C@H]2[C@@H]3C[C@H](F)C4=CC(=O)C=C[C@]4(C)[C@H]3C(O)C[C@@]21C. The van der Waals surface area contributed by atoms with Crippen LogP contribution in [0.5, 0.6) is 0 Å². The van der Waals surface area contributed by atoms with Gasteiger partial charge in [0.15, 0.2) is 18.0 Å². The van der Waals surface area contributed by atoms with Gasteiger partial charge in [-0.25, -0.2) is 14.0 Å². The highest BCUT2D eigenvalue weighted by atomic mass is 19.1. The quantitative estimate of drug-likeness (QED) is 0.340. The third-order valence-corrected chi connectivity index (χ3v) is 9.61. The molecule has 0 radical (unpaired) electrons. The van der Waals surface area contributed by atoms with Gasteiger partial charge in [-0.05, 0) is 68.6 Å². The molecule has 39 heavy (non-hydrogen) atoms. The molecule has 0 aromatic rings. The van der Waals surface area contributed by atoms with Crippen LogP contribution in [0.4, 0.5) is 14.0 Å². The Hall–Kier alpha value is -2.75. The summed E-state index contributed by atoms with van der Waals surface area (Å²) < 4.78 is 36.5. The molecule has 0 aromatic carbocycles. The van der Waals surface area contributed by atoms with Crippen molar-refractivity contribution >= 4 is 23.9 Å². The first-order chi connectivity index (χ1) is 18.4. The molecule has 0 heterocycles. The maximum atomic E-state index is 15.7. The number of ether oxygens (including phenoxy) is 4. The monoisotopic (exact) mass is 550 g/mol. The molecule has 8 atom stereocenters. The van der Waals surface area contributed by atoms with Crippen molar-refractivity contribution < 1.29 is 47.6 Å². The third kappa shape index (κ3) is 4.89. The van der Waals surface area contributed by atoms with E-state index in [1.807, 2.05) is 13.8 Å². The molecule has 4 aliphatic rings. The van der Waals surface area contributed by atoms with Crippen LogP contribution in [0, 0.1) is 28.6 Å². The van der Waals surface area contributed by atoms with Gasteiger partial charge in [-0.1, -0.05) is 33.3 Å². The van der Waals surface area contributed by atoms with E-state index in [0.717, 1.165) is 6.42 Å². The van der Waals surface area contributed by atoms with Crippen LogP contribution in [0.25, 0.3) is 0 Å². The van der Waals surface area contributed by atoms with Gasteiger partial charge in [0.2, 0.25) is 5.78 Å². The second kappa shape index (κ2) is 11.0. The number of aliphatic hydroxyl groups excluding tert-OH is 1. The van der Waals surface area contributed by atoms with Crippen LogP contribution in [0.3, 0.4) is 0 Å². The highest BCUT2D eigenvalue weighted by Gasteiger charge is 2.71. The van der Waals surface area contributed by atoms with E-state index in [2.05, 4.69) is 0 Å². The van der Waals surface area contributed by atoms with E-state index in [9.17, 15) is 24.3 Å². The molecule has 3 fully saturated rings. The molecule has 0 amide bonds. The Kier molecular flexibility index (Phi) is 8.26. The molecule has 0 saturated heterocycles. The topological polar surface area (TPSA) is 125 Å². The first-order valence-electron chi connectivity index (χ1n) is 13.9. The van der Waals surface area contributed by atoms with Gasteiger partial charge in [0, 0.05) is 16.7 Å². The number of allylic oxidation sites excluding steroid dienone is 4. The summed E-state index contributed by atoms with van der Waals surface area (Å²) in [6.45, 7) is 6.67. The summed E-state index contributed by atoms with van der Waals surface area (Å²) in [5.41, 5.74) is -3.32. The zero-order chi connectivity index (χ0) is 28.6. The van der Waals surface area contributed by atoms with Crippen LogP contribution < -0.4 is 0 Å². The molecular formula is C29H39FO9. The lowest BCUT2D eigenvalue weighted by Gasteiger charge is -2.60. The molecule has 216 valence electrons. The van der Waals surface area contributed by atoms with E-state index < -0.39 is 59.3 Å². The predicted octanol–water partition coefficient (Wildman–Crippen LogP) is 4.65. The Morgan fingerprint density at radius 1 is 1.13 bits per heavy atom. The van der Waals surface area contributed by atoms with Gasteiger partial charge in [-0.3, -0.25) is 9.59 Å².